The Bertz CT molecular complexity index is 829. The molecule has 0 aliphatic carbocycles. The topological polar surface area (TPSA) is 129 Å². The normalized spacial score (nSPS) is 16.4. The Kier molecular flexibility index (Phi) is 21.7. The summed E-state index contributed by atoms with van der Waals surface area (Å²) in [4.78, 5) is 46.8. The van der Waals surface area contributed by atoms with E-state index in [1.54, 1.807) is 14.2 Å². The van der Waals surface area contributed by atoms with Crippen LogP contribution in [-0.4, -0.2) is 190 Å². The van der Waals surface area contributed by atoms with E-state index in [-0.39, 0.29) is 44.6 Å². The first-order chi connectivity index (χ1) is 22.8. The standard InChI is InChI=1S/C33H60N4O10/c1-5-30(38)45-27-33(6-2,28-46-31(39)7-9-34(15-21-41-3)11-13-36-17-23-43-24-18-36)29-47-32(40)8-10-35(16-22-42-4)12-14-37-19-25-44-26-20-37/h5H,1,6-29H2,2-4H3. The molecule has 14 heteroatoms. The summed E-state index contributed by atoms with van der Waals surface area (Å²) in [5.74, 6) is -1.33. The summed E-state index contributed by atoms with van der Waals surface area (Å²) in [5.41, 5.74) is -0.887. The molecule has 0 saturated carbocycles. The van der Waals surface area contributed by atoms with Crippen molar-refractivity contribution in [1.29, 1.82) is 0 Å². The van der Waals surface area contributed by atoms with E-state index in [0.717, 1.165) is 84.9 Å². The van der Waals surface area contributed by atoms with E-state index >= 15 is 0 Å². The van der Waals surface area contributed by atoms with E-state index < -0.39 is 11.4 Å². The van der Waals surface area contributed by atoms with Crippen LogP contribution in [-0.2, 0) is 47.5 Å². The van der Waals surface area contributed by atoms with Crippen molar-refractivity contribution in [2.24, 2.45) is 5.41 Å². The minimum atomic E-state index is -0.887. The molecule has 14 nitrogen and oxygen atoms in total. The number of nitrogens with zero attached hydrogens (tertiary/aromatic N) is 4. The Balaban J connectivity index is 1.88. The van der Waals surface area contributed by atoms with Crippen LogP contribution in [0.4, 0.5) is 0 Å². The third-order valence-electron chi connectivity index (χ3n) is 8.68. The van der Waals surface area contributed by atoms with Crippen LogP contribution in [0.2, 0.25) is 0 Å². The third-order valence-corrected chi connectivity index (χ3v) is 8.68. The molecular weight excluding hydrogens is 612 g/mol. The van der Waals surface area contributed by atoms with Crippen LogP contribution in [0.15, 0.2) is 12.7 Å². The minimum Gasteiger partial charge on any atom is -0.465 e. The van der Waals surface area contributed by atoms with Crippen molar-refractivity contribution in [2.75, 3.05) is 152 Å². The molecule has 0 N–H and O–H groups in total. The second-order valence-electron chi connectivity index (χ2n) is 12.1. The molecule has 2 rings (SSSR count). The Morgan fingerprint density at radius 3 is 1.51 bits per heavy atom. The molecule has 0 atom stereocenters. The van der Waals surface area contributed by atoms with Crippen molar-refractivity contribution in [2.45, 2.75) is 26.2 Å². The summed E-state index contributed by atoms with van der Waals surface area (Å²) >= 11 is 0. The van der Waals surface area contributed by atoms with Crippen LogP contribution in [0.1, 0.15) is 26.2 Å². The number of carbonyl (C=O) groups is 3. The van der Waals surface area contributed by atoms with Crippen molar-refractivity contribution in [1.82, 2.24) is 19.6 Å². The first-order valence-corrected chi connectivity index (χ1v) is 17.0. The van der Waals surface area contributed by atoms with Crippen LogP contribution in [0, 0.1) is 5.41 Å². The molecule has 272 valence electrons. The van der Waals surface area contributed by atoms with Gasteiger partial charge >= 0.3 is 17.9 Å². The van der Waals surface area contributed by atoms with Gasteiger partial charge in [-0.3, -0.25) is 29.2 Å². The van der Waals surface area contributed by atoms with Gasteiger partial charge in [0.1, 0.15) is 19.8 Å². The van der Waals surface area contributed by atoms with E-state index in [1.165, 1.54) is 0 Å². The molecule has 47 heavy (non-hydrogen) atoms. The summed E-state index contributed by atoms with van der Waals surface area (Å²) in [6, 6.07) is 0. The molecule has 0 aromatic carbocycles. The van der Waals surface area contributed by atoms with Crippen molar-refractivity contribution >= 4 is 17.9 Å². The molecule has 0 aromatic heterocycles. The molecule has 2 fully saturated rings. The van der Waals surface area contributed by atoms with Crippen LogP contribution >= 0.6 is 0 Å². The average molecular weight is 673 g/mol. The second-order valence-corrected chi connectivity index (χ2v) is 12.1. The first-order valence-electron chi connectivity index (χ1n) is 17.0. The van der Waals surface area contributed by atoms with Gasteiger partial charge in [-0.2, -0.15) is 0 Å². The summed E-state index contributed by atoms with van der Waals surface area (Å²) in [6.07, 6.45) is 1.92. The molecule has 2 heterocycles. The van der Waals surface area contributed by atoms with Gasteiger partial charge in [-0.25, -0.2) is 4.79 Å². The lowest BCUT2D eigenvalue weighted by molar-refractivity contribution is -0.160. The minimum absolute atomic E-state index is 0.0502. The van der Waals surface area contributed by atoms with Gasteiger partial charge in [-0.05, 0) is 6.42 Å². The molecular formula is C33H60N4O10. The molecule has 0 aromatic rings. The Hall–Kier alpha value is -2.17. The maximum absolute atomic E-state index is 12.9. The summed E-state index contributed by atoms with van der Waals surface area (Å²) < 4.78 is 38.2. The maximum Gasteiger partial charge on any atom is 0.330 e. The second kappa shape index (κ2) is 24.9. The number of carbonyl (C=O) groups excluding carboxylic acids is 3. The third kappa shape index (κ3) is 18.2. The smallest absolute Gasteiger partial charge is 0.330 e. The van der Waals surface area contributed by atoms with E-state index in [9.17, 15) is 14.4 Å². The number of ether oxygens (including phenoxy) is 7. The highest BCUT2D eigenvalue weighted by Crippen LogP contribution is 2.25. The number of rotatable bonds is 26. The highest BCUT2D eigenvalue weighted by Gasteiger charge is 2.34. The Morgan fingerprint density at radius 2 is 1.13 bits per heavy atom. The van der Waals surface area contributed by atoms with Gasteiger partial charge in [0.05, 0.1) is 57.9 Å². The van der Waals surface area contributed by atoms with E-state index in [1.807, 2.05) is 6.92 Å². The molecule has 2 saturated heterocycles. The van der Waals surface area contributed by atoms with Gasteiger partial charge in [-0.1, -0.05) is 13.5 Å². The lowest BCUT2D eigenvalue weighted by Crippen LogP contribution is -2.43. The van der Waals surface area contributed by atoms with Crippen molar-refractivity contribution in [3.63, 3.8) is 0 Å². The van der Waals surface area contributed by atoms with Gasteiger partial charge in [0.25, 0.3) is 0 Å². The summed E-state index contributed by atoms with van der Waals surface area (Å²) in [7, 11) is 3.32. The van der Waals surface area contributed by atoms with Gasteiger partial charge in [-0.15, -0.1) is 0 Å². The van der Waals surface area contributed by atoms with Gasteiger partial charge < -0.3 is 33.2 Å². The number of esters is 3. The maximum atomic E-state index is 12.9. The SMILES string of the molecule is C=CC(=O)OCC(CC)(COC(=O)CCN(CCOC)CCN1CCOCC1)COC(=O)CCN(CCOC)CCN1CCOCC1. The lowest BCUT2D eigenvalue weighted by Gasteiger charge is -2.32. The molecule has 2 aliphatic rings. The predicted molar refractivity (Wildman–Crippen MR) is 176 cm³/mol. The zero-order valence-electron chi connectivity index (χ0n) is 29.1. The molecule has 2 aliphatic heterocycles. The number of hydrogen-bond donors (Lipinski definition) is 0. The zero-order chi connectivity index (χ0) is 34.2. The van der Waals surface area contributed by atoms with Gasteiger partial charge in [0.15, 0.2) is 0 Å². The Labute approximate surface area is 281 Å². The quantitative estimate of drug-likeness (QED) is 0.0720. The monoisotopic (exact) mass is 672 g/mol. The van der Waals surface area contributed by atoms with E-state index in [0.29, 0.717) is 45.8 Å². The van der Waals surface area contributed by atoms with Crippen molar-refractivity contribution in [3.8, 4) is 0 Å². The summed E-state index contributed by atoms with van der Waals surface area (Å²) in [6.45, 7) is 18.7. The highest BCUT2D eigenvalue weighted by atomic mass is 16.6. The number of hydrogen-bond acceptors (Lipinski definition) is 14. The van der Waals surface area contributed by atoms with Crippen molar-refractivity contribution in [3.05, 3.63) is 12.7 Å². The van der Waals surface area contributed by atoms with Crippen molar-refractivity contribution < 1.29 is 47.5 Å². The largest absolute Gasteiger partial charge is 0.465 e. The van der Waals surface area contributed by atoms with Crippen LogP contribution in [0.3, 0.4) is 0 Å². The number of methoxy groups -OCH3 is 2. The number of morpholine rings is 2. The van der Waals surface area contributed by atoms with Crippen LogP contribution < -0.4 is 0 Å². The molecule has 0 unspecified atom stereocenters. The highest BCUT2D eigenvalue weighted by molar-refractivity contribution is 5.81. The first kappa shape index (κ1) is 41.0. The van der Waals surface area contributed by atoms with Gasteiger partial charge in [0, 0.05) is 98.8 Å². The van der Waals surface area contributed by atoms with Gasteiger partial charge in [0.2, 0.25) is 0 Å². The fourth-order valence-corrected chi connectivity index (χ4v) is 5.15. The lowest BCUT2D eigenvalue weighted by atomic mass is 9.88. The predicted octanol–water partition coefficient (Wildman–Crippen LogP) is 0.540. The van der Waals surface area contributed by atoms with E-state index in [2.05, 4.69) is 26.2 Å². The average Bonchev–Trinajstić information content (AvgIpc) is 3.11. The fraction of sp³-hybridized carbons (Fsp3) is 0.848. The zero-order valence-corrected chi connectivity index (χ0v) is 29.1. The van der Waals surface area contributed by atoms with E-state index in [4.69, 9.17) is 33.2 Å². The molecule has 0 radical (unpaired) electrons. The molecule has 0 bridgehead atoms. The van der Waals surface area contributed by atoms with Crippen LogP contribution in [0.5, 0.6) is 0 Å². The fourth-order valence-electron chi connectivity index (χ4n) is 5.15. The molecule has 0 spiro atoms. The Morgan fingerprint density at radius 1 is 0.702 bits per heavy atom. The summed E-state index contributed by atoms with van der Waals surface area (Å²) in [5, 5.41) is 0. The molecule has 0 amide bonds. The van der Waals surface area contributed by atoms with Crippen LogP contribution in [0.25, 0.3) is 0 Å².